The summed E-state index contributed by atoms with van der Waals surface area (Å²) in [6.07, 6.45) is 5.30. The molecule has 3 atom stereocenters. The molecule has 17 nitrogen and oxygen atoms in total. The zero-order valence-electron chi connectivity index (χ0n) is 39.2. The van der Waals surface area contributed by atoms with Gasteiger partial charge in [0.25, 0.3) is 17.7 Å². The number of rotatable bonds is 14. The highest BCUT2D eigenvalue weighted by molar-refractivity contribution is 6.07. The number of fused-ring (bicyclic) bond motifs is 2. The minimum Gasteiger partial charge on any atom is -0.493 e. The fourth-order valence-corrected chi connectivity index (χ4v) is 9.35. The van der Waals surface area contributed by atoms with Gasteiger partial charge in [-0.05, 0) is 97.7 Å². The molecule has 2 fully saturated rings. The summed E-state index contributed by atoms with van der Waals surface area (Å²) in [5.41, 5.74) is 6.01. The summed E-state index contributed by atoms with van der Waals surface area (Å²) in [5.74, 6) is -0.709. The average molecular weight is 950 g/mol. The molecule has 0 aliphatic carbocycles. The minimum absolute atomic E-state index is 0.0266. The van der Waals surface area contributed by atoms with E-state index in [0.29, 0.717) is 60.0 Å². The Morgan fingerprint density at radius 1 is 0.714 bits per heavy atom. The van der Waals surface area contributed by atoms with Crippen molar-refractivity contribution in [2.45, 2.75) is 70.1 Å². The molecule has 3 aliphatic heterocycles. The fraction of sp³-hybridized carbons (Fsp3) is 0.302. The van der Waals surface area contributed by atoms with Crippen LogP contribution < -0.4 is 30.3 Å². The van der Waals surface area contributed by atoms with Crippen molar-refractivity contribution in [3.05, 3.63) is 144 Å². The number of benzene rings is 4. The average Bonchev–Trinajstić information content (AvgIpc) is 3.92. The quantitative estimate of drug-likeness (QED) is 0.0821. The highest BCUT2D eigenvalue weighted by atomic mass is 16.7. The number of anilines is 4. The predicted octanol–water partition coefficient (Wildman–Crippen LogP) is 8.67. The Bertz CT molecular complexity index is 2910. The third-order valence-corrected chi connectivity index (χ3v) is 12.8. The summed E-state index contributed by atoms with van der Waals surface area (Å²) in [6.45, 7) is 1.02. The third-order valence-electron chi connectivity index (χ3n) is 12.8. The van der Waals surface area contributed by atoms with Crippen LogP contribution in [0.3, 0.4) is 0 Å². The molecule has 2 aromatic heterocycles. The Kier molecular flexibility index (Phi) is 14.0. The number of carboxylic acid groups (broad SMARTS) is 1. The van der Waals surface area contributed by atoms with E-state index >= 15 is 0 Å². The zero-order chi connectivity index (χ0) is 48.9. The van der Waals surface area contributed by atoms with Gasteiger partial charge >= 0.3 is 6.09 Å². The van der Waals surface area contributed by atoms with Crippen molar-refractivity contribution in [2.75, 3.05) is 41.1 Å². The summed E-state index contributed by atoms with van der Waals surface area (Å²) in [6, 6.07) is 29.9. The van der Waals surface area contributed by atoms with Gasteiger partial charge < -0.3 is 54.0 Å². The lowest BCUT2D eigenvalue weighted by Gasteiger charge is -2.42. The first-order valence-corrected chi connectivity index (χ1v) is 23.4. The van der Waals surface area contributed by atoms with E-state index in [0.717, 1.165) is 47.3 Å². The first kappa shape index (κ1) is 47.2. The van der Waals surface area contributed by atoms with Gasteiger partial charge in [0.15, 0.2) is 24.0 Å². The number of methoxy groups -OCH3 is 1. The van der Waals surface area contributed by atoms with Crippen molar-refractivity contribution in [2.24, 2.45) is 14.1 Å². The number of carbonyl (C=O) groups is 5. The van der Waals surface area contributed by atoms with E-state index in [-0.39, 0.29) is 59.4 Å². The number of nitrogens with one attached hydrogen (secondary N) is 3. The molecule has 0 spiro atoms. The molecule has 6 aromatic rings. The molecule has 9 rings (SSSR count). The highest BCUT2D eigenvalue weighted by Gasteiger charge is 2.46. The van der Waals surface area contributed by atoms with E-state index in [2.05, 4.69) is 16.0 Å². The predicted molar refractivity (Wildman–Crippen MR) is 262 cm³/mol. The Morgan fingerprint density at radius 2 is 1.43 bits per heavy atom. The van der Waals surface area contributed by atoms with Crippen LogP contribution in [0, 0.1) is 0 Å². The molecule has 70 heavy (non-hydrogen) atoms. The molecule has 4 N–H and O–H groups in total. The van der Waals surface area contributed by atoms with E-state index in [9.17, 15) is 29.1 Å². The van der Waals surface area contributed by atoms with Crippen molar-refractivity contribution in [3.8, 4) is 22.6 Å². The highest BCUT2D eigenvalue weighted by Crippen LogP contribution is 2.42. The largest absolute Gasteiger partial charge is 0.493 e. The second kappa shape index (κ2) is 20.8. The molecule has 5 heterocycles. The number of aromatic nitrogens is 2. The smallest absolute Gasteiger partial charge is 0.414 e. The van der Waals surface area contributed by atoms with E-state index in [1.165, 1.54) is 19.2 Å². The number of aryl methyl sites for hydroxylation is 2. The van der Waals surface area contributed by atoms with Gasteiger partial charge in [-0.2, -0.15) is 0 Å². The Balaban J connectivity index is 0.827. The van der Waals surface area contributed by atoms with Crippen molar-refractivity contribution < 1.29 is 48.0 Å². The van der Waals surface area contributed by atoms with Crippen LogP contribution in [-0.4, -0.2) is 87.7 Å². The van der Waals surface area contributed by atoms with Gasteiger partial charge in [0, 0.05) is 62.6 Å². The molecule has 3 aliphatic rings. The second-order valence-electron chi connectivity index (χ2n) is 17.7. The Hall–Kier alpha value is -7.89. The standard InChI is InChI=1S/C53H55N7O10/c1-57-30-36(26-43(57)49(62)55-37-14-5-4-6-15-37)35-18-20-38(21-19-35)56-50(63)44-27-39(31-58(44)2)54-47(61)25-33-12-11-13-34(24-33)32-69-46-29-42-40(28-45(46)67-3)51(64)59-22-9-7-16-41(59)52(60(42)53(65)66)70-48-17-8-10-23-68-48/h4-6,11-15,18-21,24,26-31,41,48,52H,7-10,16-17,22-23,25,32H2,1-3H3,(H,54,61)(H,55,62)(H,56,63)(H,65,66)/t41-,48?,52?/m0/s1. The van der Waals surface area contributed by atoms with E-state index in [1.807, 2.05) is 86.0 Å². The summed E-state index contributed by atoms with van der Waals surface area (Å²) in [5, 5.41) is 19.5. The van der Waals surface area contributed by atoms with Gasteiger partial charge in [-0.15, -0.1) is 0 Å². The number of para-hydroxylation sites is 1. The normalized spacial score (nSPS) is 17.7. The number of amides is 5. The Labute approximate surface area is 404 Å². The van der Waals surface area contributed by atoms with Gasteiger partial charge in [0.05, 0.1) is 36.5 Å². The zero-order valence-corrected chi connectivity index (χ0v) is 39.2. The van der Waals surface area contributed by atoms with Crippen molar-refractivity contribution in [1.29, 1.82) is 0 Å². The molecule has 2 unspecified atom stereocenters. The first-order chi connectivity index (χ1) is 33.9. The lowest BCUT2D eigenvalue weighted by atomic mass is 10.00. The van der Waals surface area contributed by atoms with Gasteiger partial charge in [-0.25, -0.2) is 9.69 Å². The molecule has 17 heteroatoms. The van der Waals surface area contributed by atoms with Crippen LogP contribution >= 0.6 is 0 Å². The number of nitrogens with zero attached hydrogens (tertiary/aromatic N) is 4. The molecule has 0 saturated carbocycles. The van der Waals surface area contributed by atoms with Crippen LogP contribution in [0.1, 0.15) is 81.0 Å². The lowest BCUT2D eigenvalue weighted by molar-refractivity contribution is -0.198. The van der Waals surface area contributed by atoms with Crippen LogP contribution in [0.5, 0.6) is 11.5 Å². The van der Waals surface area contributed by atoms with Crippen LogP contribution in [0.25, 0.3) is 11.1 Å². The molecule has 2 saturated heterocycles. The van der Waals surface area contributed by atoms with Crippen LogP contribution in [0.4, 0.5) is 27.5 Å². The molecule has 0 radical (unpaired) electrons. The van der Waals surface area contributed by atoms with Crippen LogP contribution in [0.15, 0.2) is 116 Å². The molecule has 0 bridgehead atoms. The van der Waals surface area contributed by atoms with Gasteiger partial charge in [-0.3, -0.25) is 19.2 Å². The number of hydrogen-bond donors (Lipinski definition) is 4. The molecule has 4 aromatic carbocycles. The Morgan fingerprint density at radius 3 is 2.16 bits per heavy atom. The summed E-state index contributed by atoms with van der Waals surface area (Å²) in [7, 11) is 4.99. The molecular weight excluding hydrogens is 895 g/mol. The van der Waals surface area contributed by atoms with Crippen LogP contribution in [0.2, 0.25) is 0 Å². The maximum absolute atomic E-state index is 14.2. The van der Waals surface area contributed by atoms with Gasteiger partial charge in [0.2, 0.25) is 5.91 Å². The van der Waals surface area contributed by atoms with Crippen LogP contribution in [-0.2, 0) is 41.4 Å². The number of carbonyl (C=O) groups excluding carboxylic acids is 4. The second-order valence-corrected chi connectivity index (χ2v) is 17.7. The molecular formula is C53H55N7O10. The van der Waals surface area contributed by atoms with Gasteiger partial charge in [0.1, 0.15) is 18.0 Å². The van der Waals surface area contributed by atoms with E-state index in [4.69, 9.17) is 18.9 Å². The molecule has 362 valence electrons. The maximum atomic E-state index is 14.2. The minimum atomic E-state index is -1.27. The number of piperidine rings is 1. The van der Waals surface area contributed by atoms with Crippen molar-refractivity contribution >= 4 is 52.5 Å². The third kappa shape index (κ3) is 10.4. The SMILES string of the molecule is COc1cc2c(cc1OCc1cccc(CC(=O)Nc3cc(C(=O)Nc4ccc(-c5cc(C(=O)Nc6ccccc6)n(C)c5)cc4)n(C)c3)c1)N(C(=O)O)C(OC1CCCCO1)[C@@H]1CCCCN1C2=O. The summed E-state index contributed by atoms with van der Waals surface area (Å²) >= 11 is 0. The topological polar surface area (TPSA) is 195 Å². The number of ether oxygens (including phenoxy) is 4. The van der Waals surface area contributed by atoms with Crippen molar-refractivity contribution in [3.63, 3.8) is 0 Å². The van der Waals surface area contributed by atoms with E-state index < -0.39 is 24.7 Å². The monoisotopic (exact) mass is 949 g/mol. The summed E-state index contributed by atoms with van der Waals surface area (Å²) in [4.78, 5) is 69.9. The van der Waals surface area contributed by atoms with Crippen molar-refractivity contribution in [1.82, 2.24) is 14.0 Å². The number of hydrogen-bond acceptors (Lipinski definition) is 9. The maximum Gasteiger partial charge on any atom is 0.414 e. The fourth-order valence-electron chi connectivity index (χ4n) is 9.35. The molecule has 5 amide bonds. The lowest BCUT2D eigenvalue weighted by Crippen LogP contribution is -2.57. The first-order valence-electron chi connectivity index (χ1n) is 23.4. The summed E-state index contributed by atoms with van der Waals surface area (Å²) < 4.78 is 27.7. The van der Waals surface area contributed by atoms with E-state index in [1.54, 1.807) is 45.5 Å². The van der Waals surface area contributed by atoms with Gasteiger partial charge in [-0.1, -0.05) is 54.6 Å².